The lowest BCUT2D eigenvalue weighted by atomic mass is 9.77. The summed E-state index contributed by atoms with van der Waals surface area (Å²) in [5, 5.41) is 2.89. The number of hydrogen-bond donors (Lipinski definition) is 2. The van der Waals surface area contributed by atoms with E-state index in [0.29, 0.717) is 12.5 Å². The van der Waals surface area contributed by atoms with Gasteiger partial charge in [-0.1, -0.05) is 0 Å². The van der Waals surface area contributed by atoms with Crippen molar-refractivity contribution in [3.05, 3.63) is 0 Å². The van der Waals surface area contributed by atoms with Gasteiger partial charge in [0.1, 0.15) is 5.60 Å². The first-order valence-electron chi connectivity index (χ1n) is 5.62. The molecule has 0 bridgehead atoms. The van der Waals surface area contributed by atoms with Crippen molar-refractivity contribution in [1.29, 1.82) is 0 Å². The van der Waals surface area contributed by atoms with Crippen molar-refractivity contribution in [2.24, 2.45) is 11.7 Å². The fourth-order valence-corrected chi connectivity index (χ4v) is 1.78. The topological polar surface area (TPSA) is 64.3 Å². The van der Waals surface area contributed by atoms with Crippen molar-refractivity contribution in [3.8, 4) is 0 Å². The summed E-state index contributed by atoms with van der Waals surface area (Å²) in [5.74, 6) is 0.544. The number of alkyl carbamates (subject to hydrolysis) is 1. The van der Waals surface area contributed by atoms with Crippen molar-refractivity contribution in [1.82, 2.24) is 5.32 Å². The Hall–Kier alpha value is -0.770. The number of nitrogens with one attached hydrogen (secondary N) is 1. The molecule has 15 heavy (non-hydrogen) atoms. The Balaban J connectivity index is 2.27. The van der Waals surface area contributed by atoms with Gasteiger partial charge in [0.25, 0.3) is 0 Å². The maximum absolute atomic E-state index is 11.4. The largest absolute Gasteiger partial charge is 0.444 e. The van der Waals surface area contributed by atoms with Gasteiger partial charge in [-0.3, -0.25) is 0 Å². The highest BCUT2D eigenvalue weighted by Gasteiger charge is 2.32. The number of rotatable bonds is 3. The van der Waals surface area contributed by atoms with Crippen molar-refractivity contribution in [3.63, 3.8) is 0 Å². The lowest BCUT2D eigenvalue weighted by Gasteiger charge is -2.37. The average molecular weight is 214 g/mol. The lowest BCUT2D eigenvalue weighted by Crippen LogP contribution is -2.48. The van der Waals surface area contributed by atoms with Gasteiger partial charge >= 0.3 is 6.09 Å². The molecule has 2 atom stereocenters. The van der Waals surface area contributed by atoms with Gasteiger partial charge < -0.3 is 15.8 Å². The summed E-state index contributed by atoms with van der Waals surface area (Å²) < 4.78 is 5.19. The van der Waals surface area contributed by atoms with Crippen LogP contribution >= 0.6 is 0 Å². The molecule has 1 aliphatic carbocycles. The molecular formula is C11H22N2O2. The minimum atomic E-state index is -0.419. The quantitative estimate of drug-likeness (QED) is 0.750. The number of ether oxygens (including phenoxy) is 1. The summed E-state index contributed by atoms with van der Waals surface area (Å²) in [6.07, 6.45) is 2.89. The zero-order valence-corrected chi connectivity index (χ0v) is 9.88. The molecule has 1 rings (SSSR count). The third-order valence-electron chi connectivity index (χ3n) is 2.66. The van der Waals surface area contributed by atoms with E-state index < -0.39 is 5.60 Å². The Morgan fingerprint density at radius 1 is 1.47 bits per heavy atom. The Morgan fingerprint density at radius 3 is 2.53 bits per heavy atom. The van der Waals surface area contributed by atoms with E-state index in [2.05, 4.69) is 5.32 Å². The Kier molecular flexibility index (Phi) is 3.97. The predicted octanol–water partition coefficient (Wildman–Crippen LogP) is 1.64. The highest BCUT2D eigenvalue weighted by molar-refractivity contribution is 5.68. The first-order chi connectivity index (χ1) is 6.92. The van der Waals surface area contributed by atoms with Crippen LogP contribution in [0.3, 0.4) is 0 Å². The molecule has 1 saturated carbocycles. The van der Waals surface area contributed by atoms with Crippen LogP contribution in [0.5, 0.6) is 0 Å². The van der Waals surface area contributed by atoms with E-state index in [0.717, 1.165) is 19.3 Å². The van der Waals surface area contributed by atoms with Crippen molar-refractivity contribution in [2.45, 2.75) is 51.7 Å². The molecule has 0 radical (unpaired) electrons. The molecule has 1 amide bonds. The van der Waals surface area contributed by atoms with Gasteiger partial charge in [0.05, 0.1) is 0 Å². The minimum Gasteiger partial charge on any atom is -0.444 e. The molecule has 1 aliphatic rings. The zero-order chi connectivity index (χ0) is 11.5. The normalized spacial score (nSPS) is 25.6. The van der Waals surface area contributed by atoms with Crippen LogP contribution in [0.25, 0.3) is 0 Å². The molecule has 0 aliphatic heterocycles. The van der Waals surface area contributed by atoms with Crippen LogP contribution in [-0.4, -0.2) is 24.3 Å². The molecule has 0 aromatic heterocycles. The maximum atomic E-state index is 11.4. The molecule has 88 valence electrons. The highest BCUT2D eigenvalue weighted by atomic mass is 16.6. The van der Waals surface area contributed by atoms with Crippen LogP contribution in [0.4, 0.5) is 4.79 Å². The summed E-state index contributed by atoms with van der Waals surface area (Å²) >= 11 is 0. The maximum Gasteiger partial charge on any atom is 0.407 e. The average Bonchev–Trinajstić information content (AvgIpc) is 2.06. The molecule has 4 nitrogen and oxygen atoms in total. The van der Waals surface area contributed by atoms with Crippen molar-refractivity contribution >= 4 is 6.09 Å². The number of amides is 1. The Labute approximate surface area is 91.5 Å². The zero-order valence-electron chi connectivity index (χ0n) is 9.88. The number of hydrogen-bond acceptors (Lipinski definition) is 3. The van der Waals surface area contributed by atoms with Gasteiger partial charge in [-0.15, -0.1) is 0 Å². The van der Waals surface area contributed by atoms with E-state index in [9.17, 15) is 4.79 Å². The number of nitrogens with two attached hydrogens (primary N) is 1. The van der Waals surface area contributed by atoms with Gasteiger partial charge in [0, 0.05) is 6.04 Å². The van der Waals surface area contributed by atoms with Gasteiger partial charge in [-0.2, -0.15) is 0 Å². The third kappa shape index (κ3) is 4.08. The van der Waals surface area contributed by atoms with E-state index in [4.69, 9.17) is 10.5 Å². The summed E-state index contributed by atoms with van der Waals surface area (Å²) in [5.41, 5.74) is 5.07. The van der Waals surface area contributed by atoms with Crippen molar-refractivity contribution < 1.29 is 9.53 Å². The number of carbonyl (C=O) groups excluding carboxylic acids is 1. The molecule has 4 heteroatoms. The lowest BCUT2D eigenvalue weighted by molar-refractivity contribution is 0.0433. The van der Waals surface area contributed by atoms with Crippen LogP contribution in [-0.2, 0) is 4.74 Å². The van der Waals surface area contributed by atoms with Gasteiger partial charge in [-0.05, 0) is 52.5 Å². The fraction of sp³-hybridized carbons (Fsp3) is 0.909. The van der Waals surface area contributed by atoms with Crippen LogP contribution in [0.15, 0.2) is 0 Å². The second-order valence-corrected chi connectivity index (χ2v) is 5.17. The number of carbonyl (C=O) groups is 1. The molecule has 0 aromatic rings. The van der Waals surface area contributed by atoms with E-state index in [1.807, 2.05) is 20.8 Å². The Bertz CT molecular complexity index is 223. The first kappa shape index (κ1) is 12.3. The van der Waals surface area contributed by atoms with E-state index in [1.54, 1.807) is 0 Å². The van der Waals surface area contributed by atoms with E-state index >= 15 is 0 Å². The molecule has 3 N–H and O–H groups in total. The van der Waals surface area contributed by atoms with Gasteiger partial charge in [0.2, 0.25) is 0 Å². The Morgan fingerprint density at radius 2 is 2.13 bits per heavy atom. The molecule has 0 aromatic carbocycles. The molecule has 2 unspecified atom stereocenters. The third-order valence-corrected chi connectivity index (χ3v) is 2.66. The van der Waals surface area contributed by atoms with Gasteiger partial charge in [-0.25, -0.2) is 4.79 Å². The van der Waals surface area contributed by atoms with Crippen LogP contribution in [0, 0.1) is 5.92 Å². The van der Waals surface area contributed by atoms with Gasteiger partial charge in [0.15, 0.2) is 0 Å². The first-order valence-corrected chi connectivity index (χ1v) is 5.62. The second kappa shape index (κ2) is 4.84. The fourth-order valence-electron chi connectivity index (χ4n) is 1.78. The van der Waals surface area contributed by atoms with Crippen LogP contribution in [0.2, 0.25) is 0 Å². The van der Waals surface area contributed by atoms with E-state index in [-0.39, 0.29) is 12.1 Å². The van der Waals surface area contributed by atoms with E-state index in [1.165, 1.54) is 0 Å². The molecule has 0 spiro atoms. The summed E-state index contributed by atoms with van der Waals surface area (Å²) in [4.78, 5) is 11.4. The molecule has 0 saturated heterocycles. The predicted molar refractivity (Wildman–Crippen MR) is 59.6 cm³/mol. The summed E-state index contributed by atoms with van der Waals surface area (Å²) in [6, 6.07) is 0.267. The molecule has 0 heterocycles. The molecular weight excluding hydrogens is 192 g/mol. The second-order valence-electron chi connectivity index (χ2n) is 5.17. The van der Waals surface area contributed by atoms with Crippen molar-refractivity contribution in [2.75, 3.05) is 6.54 Å². The SMILES string of the molecule is CC(C)(C)OC(=O)NC1CCC1CCN. The minimum absolute atomic E-state index is 0.267. The monoisotopic (exact) mass is 214 g/mol. The highest BCUT2D eigenvalue weighted by Crippen LogP contribution is 2.30. The molecule has 1 fully saturated rings. The summed E-state index contributed by atoms with van der Waals surface area (Å²) in [6.45, 7) is 6.29. The summed E-state index contributed by atoms with van der Waals surface area (Å²) in [7, 11) is 0. The smallest absolute Gasteiger partial charge is 0.407 e. The van der Waals surface area contributed by atoms with Crippen LogP contribution < -0.4 is 11.1 Å². The standard InChI is InChI=1S/C11H22N2O2/c1-11(2,3)15-10(14)13-9-5-4-8(9)6-7-12/h8-9H,4-7,12H2,1-3H3,(H,13,14). The van der Waals surface area contributed by atoms with Crippen LogP contribution in [0.1, 0.15) is 40.0 Å².